The van der Waals surface area contributed by atoms with E-state index in [0.717, 1.165) is 6.54 Å². The van der Waals surface area contributed by atoms with Crippen LogP contribution in [0.15, 0.2) is 54.4 Å². The Bertz CT molecular complexity index is 656. The molecule has 2 rings (SSSR count). The highest BCUT2D eigenvalue weighted by Gasteiger charge is 2.12. The molecule has 0 aliphatic carbocycles. The number of aliphatic hydroxyl groups is 1. The summed E-state index contributed by atoms with van der Waals surface area (Å²) in [4.78, 5) is 14.4. The Morgan fingerprint density at radius 3 is 2.76 bits per heavy atom. The van der Waals surface area contributed by atoms with Gasteiger partial charge in [0, 0.05) is 37.1 Å². The van der Waals surface area contributed by atoms with Crippen molar-refractivity contribution in [3.8, 4) is 5.75 Å². The fourth-order valence-corrected chi connectivity index (χ4v) is 3.14. The molecule has 0 saturated carbocycles. The van der Waals surface area contributed by atoms with Gasteiger partial charge in [-0.2, -0.15) is 0 Å². The summed E-state index contributed by atoms with van der Waals surface area (Å²) >= 11 is 1.70. The summed E-state index contributed by atoms with van der Waals surface area (Å²) in [6.07, 6.45) is 1.23. The number of ether oxygens (including phenoxy) is 1. The van der Waals surface area contributed by atoms with Crippen molar-refractivity contribution in [2.75, 3.05) is 25.0 Å². The number of rotatable bonds is 10. The molecule has 134 valence electrons. The summed E-state index contributed by atoms with van der Waals surface area (Å²) < 4.78 is 5.63. The second-order valence-electron chi connectivity index (χ2n) is 5.73. The van der Waals surface area contributed by atoms with Crippen molar-refractivity contribution in [2.45, 2.75) is 19.6 Å². The van der Waals surface area contributed by atoms with Crippen LogP contribution in [0.25, 0.3) is 0 Å². The maximum Gasteiger partial charge on any atom is 0.221 e. The van der Waals surface area contributed by atoms with Crippen LogP contribution >= 0.6 is 11.3 Å². The van der Waals surface area contributed by atoms with Gasteiger partial charge in [0.25, 0.3) is 0 Å². The van der Waals surface area contributed by atoms with Crippen molar-refractivity contribution in [3.05, 3.63) is 59.3 Å². The van der Waals surface area contributed by atoms with Crippen molar-refractivity contribution >= 4 is 22.9 Å². The fourth-order valence-electron chi connectivity index (χ4n) is 2.39. The second-order valence-corrected chi connectivity index (χ2v) is 6.76. The standard InChI is InChI=1S/C19H24N2O3S/c1-3-10-21(13-19-5-4-11-25-19)12-17(23)14-24-18-8-6-16(7-9-18)20-15(2)22/h3-9,11,17,23H,1,10,12-14H2,2H3,(H,20,22). The number of benzene rings is 1. The van der Waals surface area contributed by atoms with Gasteiger partial charge in [0.2, 0.25) is 5.91 Å². The Kier molecular flexibility index (Phi) is 7.66. The summed E-state index contributed by atoms with van der Waals surface area (Å²) in [5, 5.41) is 15.0. The SMILES string of the molecule is C=CCN(Cc1cccs1)CC(O)COc1ccc(NC(C)=O)cc1. The van der Waals surface area contributed by atoms with Gasteiger partial charge in [0.15, 0.2) is 0 Å². The van der Waals surface area contributed by atoms with Gasteiger partial charge in [0.1, 0.15) is 18.5 Å². The maximum absolute atomic E-state index is 11.0. The number of amides is 1. The molecule has 0 saturated heterocycles. The molecule has 1 heterocycles. The first kappa shape index (κ1) is 19.2. The lowest BCUT2D eigenvalue weighted by atomic mass is 10.3. The largest absolute Gasteiger partial charge is 0.491 e. The van der Waals surface area contributed by atoms with E-state index in [1.807, 2.05) is 17.5 Å². The molecule has 1 aromatic carbocycles. The highest BCUT2D eigenvalue weighted by atomic mass is 32.1. The quantitative estimate of drug-likeness (QED) is 0.639. The van der Waals surface area contributed by atoms with Gasteiger partial charge in [-0.15, -0.1) is 17.9 Å². The fraction of sp³-hybridized carbons (Fsp3) is 0.316. The molecule has 1 atom stereocenters. The molecule has 6 heteroatoms. The molecule has 0 fully saturated rings. The topological polar surface area (TPSA) is 61.8 Å². The molecule has 0 aliphatic heterocycles. The zero-order chi connectivity index (χ0) is 18.1. The van der Waals surface area contributed by atoms with E-state index in [4.69, 9.17) is 4.74 Å². The number of hydrogen-bond donors (Lipinski definition) is 2. The van der Waals surface area contributed by atoms with E-state index in [1.165, 1.54) is 11.8 Å². The predicted molar refractivity (Wildman–Crippen MR) is 102 cm³/mol. The number of nitrogens with one attached hydrogen (secondary N) is 1. The Balaban J connectivity index is 1.80. The lowest BCUT2D eigenvalue weighted by Crippen LogP contribution is -2.35. The van der Waals surface area contributed by atoms with E-state index in [0.29, 0.717) is 24.5 Å². The van der Waals surface area contributed by atoms with E-state index >= 15 is 0 Å². The third kappa shape index (κ3) is 7.09. The Labute approximate surface area is 152 Å². The third-order valence-electron chi connectivity index (χ3n) is 3.43. The molecule has 0 spiro atoms. The van der Waals surface area contributed by atoms with Crippen LogP contribution in [0.3, 0.4) is 0 Å². The van der Waals surface area contributed by atoms with Crippen molar-refractivity contribution in [1.29, 1.82) is 0 Å². The van der Waals surface area contributed by atoms with Gasteiger partial charge in [0.05, 0.1) is 0 Å². The van der Waals surface area contributed by atoms with Crippen LogP contribution in [0.4, 0.5) is 5.69 Å². The normalized spacial score (nSPS) is 12.0. The summed E-state index contributed by atoms with van der Waals surface area (Å²) in [5.41, 5.74) is 0.716. The molecule has 1 amide bonds. The predicted octanol–water partition coefficient (Wildman–Crippen LogP) is 3.13. The highest BCUT2D eigenvalue weighted by molar-refractivity contribution is 7.09. The molecular formula is C19H24N2O3S. The average molecular weight is 360 g/mol. The summed E-state index contributed by atoms with van der Waals surface area (Å²) in [6.45, 7) is 7.45. The smallest absolute Gasteiger partial charge is 0.221 e. The van der Waals surface area contributed by atoms with Crippen LogP contribution < -0.4 is 10.1 Å². The minimum atomic E-state index is -0.602. The van der Waals surface area contributed by atoms with Gasteiger partial charge in [-0.1, -0.05) is 12.1 Å². The second kappa shape index (κ2) is 9.98. The number of nitrogens with zero attached hydrogens (tertiary/aromatic N) is 1. The van der Waals surface area contributed by atoms with Crippen molar-refractivity contribution in [2.24, 2.45) is 0 Å². The van der Waals surface area contributed by atoms with Gasteiger partial charge >= 0.3 is 0 Å². The first-order valence-electron chi connectivity index (χ1n) is 8.11. The van der Waals surface area contributed by atoms with Crippen LogP contribution in [0.5, 0.6) is 5.75 Å². The van der Waals surface area contributed by atoms with Crippen molar-refractivity contribution in [1.82, 2.24) is 4.90 Å². The van der Waals surface area contributed by atoms with Crippen LogP contribution in [-0.4, -0.2) is 41.7 Å². The van der Waals surface area contributed by atoms with E-state index in [2.05, 4.69) is 22.9 Å². The minimum Gasteiger partial charge on any atom is -0.491 e. The summed E-state index contributed by atoms with van der Waals surface area (Å²) in [6, 6.07) is 11.2. The third-order valence-corrected chi connectivity index (χ3v) is 4.29. The van der Waals surface area contributed by atoms with Crippen LogP contribution in [-0.2, 0) is 11.3 Å². The summed E-state index contributed by atoms with van der Waals surface area (Å²) in [5.74, 6) is 0.541. The van der Waals surface area contributed by atoms with Gasteiger partial charge in [-0.3, -0.25) is 9.69 Å². The molecule has 1 unspecified atom stereocenters. The monoisotopic (exact) mass is 360 g/mol. The molecule has 5 nitrogen and oxygen atoms in total. The molecule has 25 heavy (non-hydrogen) atoms. The lowest BCUT2D eigenvalue weighted by Gasteiger charge is -2.23. The number of carbonyl (C=O) groups is 1. The highest BCUT2D eigenvalue weighted by Crippen LogP contribution is 2.16. The summed E-state index contributed by atoms with van der Waals surface area (Å²) in [7, 11) is 0. The molecule has 0 radical (unpaired) electrons. The molecule has 2 aromatic rings. The Morgan fingerprint density at radius 1 is 1.40 bits per heavy atom. The zero-order valence-corrected chi connectivity index (χ0v) is 15.2. The molecule has 0 bridgehead atoms. The van der Waals surface area contributed by atoms with E-state index in [9.17, 15) is 9.90 Å². The van der Waals surface area contributed by atoms with E-state index in [-0.39, 0.29) is 12.5 Å². The number of thiophene rings is 1. The van der Waals surface area contributed by atoms with Crippen LogP contribution in [0, 0.1) is 0 Å². The number of carbonyl (C=O) groups excluding carboxylic acids is 1. The molecular weight excluding hydrogens is 336 g/mol. The Hall–Kier alpha value is -2.15. The van der Waals surface area contributed by atoms with Gasteiger partial charge in [-0.25, -0.2) is 0 Å². The molecule has 1 aromatic heterocycles. The Morgan fingerprint density at radius 2 is 2.16 bits per heavy atom. The number of anilines is 1. The molecule has 2 N–H and O–H groups in total. The number of aliphatic hydroxyl groups excluding tert-OH is 1. The van der Waals surface area contributed by atoms with Crippen LogP contribution in [0.1, 0.15) is 11.8 Å². The number of hydrogen-bond acceptors (Lipinski definition) is 5. The van der Waals surface area contributed by atoms with E-state index in [1.54, 1.807) is 35.6 Å². The average Bonchev–Trinajstić information content (AvgIpc) is 3.07. The van der Waals surface area contributed by atoms with Crippen LogP contribution in [0.2, 0.25) is 0 Å². The van der Waals surface area contributed by atoms with Gasteiger partial charge < -0.3 is 15.2 Å². The van der Waals surface area contributed by atoms with Gasteiger partial charge in [-0.05, 0) is 35.7 Å². The van der Waals surface area contributed by atoms with E-state index < -0.39 is 6.10 Å². The van der Waals surface area contributed by atoms with Crippen molar-refractivity contribution in [3.63, 3.8) is 0 Å². The first-order chi connectivity index (χ1) is 12.1. The zero-order valence-electron chi connectivity index (χ0n) is 14.4. The lowest BCUT2D eigenvalue weighted by molar-refractivity contribution is -0.114. The molecule has 0 aliphatic rings. The maximum atomic E-state index is 11.0. The van der Waals surface area contributed by atoms with Crippen molar-refractivity contribution < 1.29 is 14.6 Å². The first-order valence-corrected chi connectivity index (χ1v) is 8.99. The minimum absolute atomic E-state index is 0.114.